The molecule has 0 bridgehead atoms. The second kappa shape index (κ2) is 7.67. The summed E-state index contributed by atoms with van der Waals surface area (Å²) in [7, 11) is 0. The highest BCUT2D eigenvalue weighted by molar-refractivity contribution is 6.05. The van der Waals surface area contributed by atoms with Gasteiger partial charge in [-0.05, 0) is 47.5 Å². The number of nitrogens with one attached hydrogen (secondary N) is 1. The van der Waals surface area contributed by atoms with E-state index in [9.17, 15) is 22.8 Å². The highest BCUT2D eigenvalue weighted by Gasteiger charge is 2.31. The molecule has 7 heteroatoms. The van der Waals surface area contributed by atoms with Gasteiger partial charge in [0.2, 0.25) is 0 Å². The molecular formula is C23H16F3NO3. The van der Waals surface area contributed by atoms with Gasteiger partial charge in [0.25, 0.3) is 5.91 Å². The molecule has 0 radical (unpaired) electrons. The van der Waals surface area contributed by atoms with E-state index in [2.05, 4.69) is 5.32 Å². The Labute approximate surface area is 170 Å². The van der Waals surface area contributed by atoms with Crippen LogP contribution in [0.5, 0.6) is 0 Å². The Balaban J connectivity index is 1.57. The quantitative estimate of drug-likeness (QED) is 0.586. The van der Waals surface area contributed by atoms with Crippen LogP contribution in [0.25, 0.3) is 0 Å². The summed E-state index contributed by atoms with van der Waals surface area (Å²) >= 11 is 0. The third-order valence-electron chi connectivity index (χ3n) is 4.86. The molecule has 1 N–H and O–H groups in total. The van der Waals surface area contributed by atoms with E-state index in [1.54, 1.807) is 6.07 Å². The topological polar surface area (TPSA) is 55.4 Å². The molecule has 1 aliphatic heterocycles. The Kier molecular flexibility index (Phi) is 5.03. The Morgan fingerprint density at radius 3 is 2.47 bits per heavy atom. The largest absolute Gasteiger partial charge is 0.454 e. The predicted molar refractivity (Wildman–Crippen MR) is 104 cm³/mol. The summed E-state index contributed by atoms with van der Waals surface area (Å²) < 4.78 is 44.1. The molecule has 3 aromatic carbocycles. The lowest BCUT2D eigenvalue weighted by molar-refractivity contribution is -0.137. The van der Waals surface area contributed by atoms with Crippen molar-refractivity contribution < 1.29 is 27.5 Å². The van der Waals surface area contributed by atoms with Crippen LogP contribution in [0, 0.1) is 0 Å². The van der Waals surface area contributed by atoms with Gasteiger partial charge in [-0.2, -0.15) is 13.2 Å². The van der Waals surface area contributed by atoms with Crippen LogP contribution < -0.4 is 5.32 Å². The molecule has 0 saturated carbocycles. The number of cyclic esters (lactones) is 1. The molecule has 1 amide bonds. The Hall–Kier alpha value is -3.61. The number of hydrogen-bond donors (Lipinski definition) is 1. The molecule has 1 aliphatic rings. The van der Waals surface area contributed by atoms with Gasteiger partial charge < -0.3 is 10.1 Å². The van der Waals surface area contributed by atoms with Crippen LogP contribution in [-0.4, -0.2) is 11.9 Å². The van der Waals surface area contributed by atoms with Gasteiger partial charge in [0.1, 0.15) is 6.10 Å². The van der Waals surface area contributed by atoms with Crippen molar-refractivity contribution in [3.63, 3.8) is 0 Å². The van der Waals surface area contributed by atoms with Gasteiger partial charge in [0, 0.05) is 17.7 Å². The van der Waals surface area contributed by atoms with Gasteiger partial charge in [-0.3, -0.25) is 4.79 Å². The number of hydrogen-bond acceptors (Lipinski definition) is 3. The van der Waals surface area contributed by atoms with Crippen molar-refractivity contribution >= 4 is 17.6 Å². The Morgan fingerprint density at radius 2 is 1.73 bits per heavy atom. The van der Waals surface area contributed by atoms with Crippen molar-refractivity contribution in [3.8, 4) is 0 Å². The minimum atomic E-state index is -4.50. The van der Waals surface area contributed by atoms with Crippen LogP contribution >= 0.6 is 0 Å². The van der Waals surface area contributed by atoms with Crippen LogP contribution in [0.1, 0.15) is 43.5 Å². The molecule has 0 fully saturated rings. The van der Waals surface area contributed by atoms with Gasteiger partial charge in [0.05, 0.1) is 11.1 Å². The maximum Gasteiger partial charge on any atom is 0.416 e. The molecule has 3 aromatic rings. The number of fused-ring (bicyclic) bond motifs is 1. The number of anilines is 1. The standard InChI is InChI=1S/C23H16F3NO3/c24-23(25,26)17-7-4-8-18(13-17)27-21(28)15-9-10-19-16(11-15)12-20(30-22(19)29)14-5-2-1-3-6-14/h1-11,13,20H,12H2,(H,27,28)/t20-/m0/s1. The minimum Gasteiger partial charge on any atom is -0.454 e. The fourth-order valence-electron chi connectivity index (χ4n) is 3.37. The normalized spacial score (nSPS) is 15.8. The first-order chi connectivity index (χ1) is 14.3. The first-order valence-corrected chi connectivity index (χ1v) is 9.19. The third-order valence-corrected chi connectivity index (χ3v) is 4.86. The van der Waals surface area contributed by atoms with Crippen LogP contribution in [0.3, 0.4) is 0 Å². The van der Waals surface area contributed by atoms with Crippen LogP contribution in [0.15, 0.2) is 72.8 Å². The minimum absolute atomic E-state index is 0.0362. The molecule has 0 saturated heterocycles. The van der Waals surface area contributed by atoms with E-state index in [1.807, 2.05) is 30.3 Å². The second-order valence-electron chi connectivity index (χ2n) is 6.91. The summed E-state index contributed by atoms with van der Waals surface area (Å²) in [6, 6.07) is 18.2. The number of amides is 1. The van der Waals surface area contributed by atoms with Gasteiger partial charge in [-0.15, -0.1) is 0 Å². The van der Waals surface area contributed by atoms with E-state index in [4.69, 9.17) is 4.74 Å². The summed E-state index contributed by atoms with van der Waals surface area (Å²) in [5.74, 6) is -1.04. The molecule has 4 nitrogen and oxygen atoms in total. The molecule has 30 heavy (non-hydrogen) atoms. The van der Waals surface area contributed by atoms with E-state index >= 15 is 0 Å². The molecular weight excluding hydrogens is 395 g/mol. The Morgan fingerprint density at radius 1 is 0.967 bits per heavy atom. The first kappa shape index (κ1) is 19.7. The molecule has 4 rings (SSSR count). The van der Waals surface area contributed by atoms with Gasteiger partial charge in [-0.25, -0.2) is 4.79 Å². The average molecular weight is 411 g/mol. The summed E-state index contributed by atoms with van der Waals surface area (Å²) in [5.41, 5.74) is 1.30. The lowest BCUT2D eigenvalue weighted by atomic mass is 9.93. The lowest BCUT2D eigenvalue weighted by Crippen LogP contribution is -2.23. The van der Waals surface area contributed by atoms with Gasteiger partial charge in [0.15, 0.2) is 0 Å². The number of ether oxygens (including phenoxy) is 1. The van der Waals surface area contributed by atoms with Gasteiger partial charge in [-0.1, -0.05) is 36.4 Å². The van der Waals surface area contributed by atoms with Crippen molar-refractivity contribution in [3.05, 3.63) is 101 Å². The van der Waals surface area contributed by atoms with Crippen molar-refractivity contribution in [1.82, 2.24) is 0 Å². The molecule has 0 spiro atoms. The van der Waals surface area contributed by atoms with E-state index in [0.29, 0.717) is 17.5 Å². The number of rotatable bonds is 3. The van der Waals surface area contributed by atoms with Crippen LogP contribution in [0.2, 0.25) is 0 Å². The van der Waals surface area contributed by atoms with E-state index in [0.717, 1.165) is 17.7 Å². The van der Waals surface area contributed by atoms with E-state index in [1.165, 1.54) is 24.3 Å². The summed E-state index contributed by atoms with van der Waals surface area (Å²) in [6.07, 6.45) is -4.57. The fraction of sp³-hybridized carbons (Fsp3) is 0.130. The van der Waals surface area contributed by atoms with Crippen LogP contribution in [0.4, 0.5) is 18.9 Å². The molecule has 0 aromatic heterocycles. The smallest absolute Gasteiger partial charge is 0.416 e. The first-order valence-electron chi connectivity index (χ1n) is 9.19. The van der Waals surface area contributed by atoms with Crippen LogP contribution in [-0.2, 0) is 17.3 Å². The molecule has 1 heterocycles. The highest BCUT2D eigenvalue weighted by Crippen LogP contribution is 2.32. The summed E-state index contributed by atoms with van der Waals surface area (Å²) in [4.78, 5) is 24.9. The maximum atomic E-state index is 12.9. The molecule has 0 aliphatic carbocycles. The number of benzene rings is 3. The highest BCUT2D eigenvalue weighted by atomic mass is 19.4. The van der Waals surface area contributed by atoms with Crippen molar-refractivity contribution in [2.45, 2.75) is 18.7 Å². The zero-order valence-electron chi connectivity index (χ0n) is 15.6. The van der Waals surface area contributed by atoms with Crippen molar-refractivity contribution in [2.24, 2.45) is 0 Å². The average Bonchev–Trinajstić information content (AvgIpc) is 2.73. The Bertz CT molecular complexity index is 1110. The zero-order valence-corrected chi connectivity index (χ0v) is 15.6. The number of esters is 1. The van der Waals surface area contributed by atoms with Crippen molar-refractivity contribution in [2.75, 3.05) is 5.32 Å². The molecule has 152 valence electrons. The summed E-state index contributed by atoms with van der Waals surface area (Å²) in [5, 5.41) is 2.48. The second-order valence-corrected chi connectivity index (χ2v) is 6.91. The van der Waals surface area contributed by atoms with E-state index < -0.39 is 29.7 Å². The molecule has 0 unspecified atom stereocenters. The predicted octanol–water partition coefficient (Wildman–Crippen LogP) is 5.41. The fourth-order valence-corrected chi connectivity index (χ4v) is 3.37. The SMILES string of the molecule is O=C(Nc1cccc(C(F)(F)F)c1)c1ccc2c(c1)C[C@@H](c1ccccc1)OC2=O. The molecule has 1 atom stereocenters. The van der Waals surface area contributed by atoms with Crippen molar-refractivity contribution in [1.29, 1.82) is 0 Å². The third kappa shape index (κ3) is 4.05. The zero-order chi connectivity index (χ0) is 21.3. The van der Waals surface area contributed by atoms with E-state index in [-0.39, 0.29) is 11.3 Å². The van der Waals surface area contributed by atoms with Gasteiger partial charge >= 0.3 is 12.1 Å². The number of carbonyl (C=O) groups excluding carboxylic acids is 2. The maximum absolute atomic E-state index is 12.9. The monoisotopic (exact) mass is 411 g/mol. The lowest BCUT2D eigenvalue weighted by Gasteiger charge is -2.25. The number of alkyl halides is 3. The number of halogens is 3. The number of carbonyl (C=O) groups is 2. The summed E-state index contributed by atoms with van der Waals surface area (Å²) in [6.45, 7) is 0.